The maximum Gasteiger partial charge on any atom is 0.191 e. The van der Waals surface area contributed by atoms with Crippen LogP contribution in [0.1, 0.15) is 39.2 Å². The molecule has 0 atom stereocenters. The number of nitrogens with zero attached hydrogens (tertiary/aromatic N) is 1. The van der Waals surface area contributed by atoms with Crippen LogP contribution in [-0.2, 0) is 11.2 Å². The Morgan fingerprint density at radius 1 is 1.07 bits per heavy atom. The molecule has 0 bridgehead atoms. The minimum Gasteiger partial charge on any atom is -0.493 e. The number of methoxy groups -OCH3 is 2. The first-order chi connectivity index (χ1) is 13.1. The summed E-state index contributed by atoms with van der Waals surface area (Å²) in [5, 5.41) is 6.65. The molecule has 0 saturated heterocycles. The number of benzene rings is 1. The lowest BCUT2D eigenvalue weighted by molar-refractivity contribution is 0.108. The van der Waals surface area contributed by atoms with Crippen LogP contribution in [0, 0.1) is 5.92 Å². The van der Waals surface area contributed by atoms with E-state index in [4.69, 9.17) is 14.2 Å². The van der Waals surface area contributed by atoms with E-state index in [1.54, 1.807) is 14.2 Å². The Kier molecular flexibility index (Phi) is 16.0. The molecule has 2 N–H and O–H groups in total. The summed E-state index contributed by atoms with van der Waals surface area (Å²) in [6.07, 6.45) is 2.90. The predicted octanol–water partition coefficient (Wildman–Crippen LogP) is 3.87. The average molecular weight is 507 g/mol. The molecule has 162 valence electrons. The van der Waals surface area contributed by atoms with Crippen molar-refractivity contribution in [3.05, 3.63) is 23.8 Å². The van der Waals surface area contributed by atoms with Crippen molar-refractivity contribution in [1.29, 1.82) is 0 Å². The molecular formula is C21H38IN3O3. The molecule has 0 aromatic heterocycles. The number of guanidine groups is 1. The normalized spacial score (nSPS) is 11.1. The van der Waals surface area contributed by atoms with Crippen LogP contribution >= 0.6 is 24.0 Å². The molecule has 0 heterocycles. The Morgan fingerprint density at radius 3 is 2.46 bits per heavy atom. The minimum absolute atomic E-state index is 0. The summed E-state index contributed by atoms with van der Waals surface area (Å²) in [5.41, 5.74) is 1.23. The molecule has 0 aliphatic heterocycles. The van der Waals surface area contributed by atoms with Gasteiger partial charge in [-0.25, -0.2) is 0 Å². The quantitative estimate of drug-likeness (QED) is 0.184. The van der Waals surface area contributed by atoms with Crippen LogP contribution in [0.4, 0.5) is 0 Å². The zero-order chi connectivity index (χ0) is 19.9. The van der Waals surface area contributed by atoms with E-state index >= 15 is 0 Å². The van der Waals surface area contributed by atoms with Crippen molar-refractivity contribution in [1.82, 2.24) is 10.6 Å². The molecule has 1 rings (SSSR count). The van der Waals surface area contributed by atoms with E-state index in [1.807, 2.05) is 12.1 Å². The number of hydrogen-bond donors (Lipinski definition) is 2. The van der Waals surface area contributed by atoms with Crippen LogP contribution in [0.2, 0.25) is 0 Å². The summed E-state index contributed by atoms with van der Waals surface area (Å²) in [7, 11) is 3.31. The van der Waals surface area contributed by atoms with Crippen molar-refractivity contribution in [3.63, 3.8) is 0 Å². The van der Waals surface area contributed by atoms with Crippen molar-refractivity contribution < 1.29 is 14.2 Å². The highest BCUT2D eigenvalue weighted by molar-refractivity contribution is 14.0. The van der Waals surface area contributed by atoms with E-state index in [0.29, 0.717) is 5.92 Å². The number of rotatable bonds is 13. The second-order valence-corrected chi connectivity index (χ2v) is 6.80. The molecule has 1 aromatic carbocycles. The van der Waals surface area contributed by atoms with Gasteiger partial charge >= 0.3 is 0 Å². The van der Waals surface area contributed by atoms with Crippen molar-refractivity contribution >= 4 is 29.9 Å². The van der Waals surface area contributed by atoms with E-state index in [2.05, 4.69) is 42.5 Å². The lowest BCUT2D eigenvalue weighted by atomic mass is 10.1. The maximum atomic E-state index is 5.60. The van der Waals surface area contributed by atoms with Crippen LogP contribution in [0.25, 0.3) is 0 Å². The van der Waals surface area contributed by atoms with Gasteiger partial charge in [-0.05, 0) is 49.8 Å². The maximum absolute atomic E-state index is 5.60. The van der Waals surface area contributed by atoms with Crippen molar-refractivity contribution in [3.8, 4) is 11.5 Å². The Balaban J connectivity index is 0.00000729. The van der Waals surface area contributed by atoms with Gasteiger partial charge in [0.25, 0.3) is 0 Å². The summed E-state index contributed by atoms with van der Waals surface area (Å²) < 4.78 is 16.2. The summed E-state index contributed by atoms with van der Waals surface area (Å²) in [6, 6.07) is 6.05. The smallest absolute Gasteiger partial charge is 0.191 e. The van der Waals surface area contributed by atoms with Crippen LogP contribution < -0.4 is 20.1 Å². The third kappa shape index (κ3) is 11.6. The number of halogens is 1. The fourth-order valence-electron chi connectivity index (χ4n) is 2.55. The lowest BCUT2D eigenvalue weighted by Crippen LogP contribution is -2.38. The van der Waals surface area contributed by atoms with E-state index in [9.17, 15) is 0 Å². The van der Waals surface area contributed by atoms with Crippen molar-refractivity contribution in [2.45, 2.75) is 40.0 Å². The van der Waals surface area contributed by atoms with Gasteiger partial charge in [0.2, 0.25) is 0 Å². The number of aliphatic imine (C=N–C) groups is 1. The summed E-state index contributed by atoms with van der Waals surface area (Å²) in [4.78, 5) is 4.65. The van der Waals surface area contributed by atoms with Crippen LogP contribution in [0.3, 0.4) is 0 Å². The van der Waals surface area contributed by atoms with Gasteiger partial charge < -0.3 is 24.8 Å². The first-order valence-electron chi connectivity index (χ1n) is 9.91. The monoisotopic (exact) mass is 507 g/mol. The zero-order valence-corrected chi connectivity index (χ0v) is 20.4. The Labute approximate surface area is 187 Å². The number of hydrogen-bond acceptors (Lipinski definition) is 4. The predicted molar refractivity (Wildman–Crippen MR) is 128 cm³/mol. The van der Waals surface area contributed by atoms with E-state index < -0.39 is 0 Å². The molecule has 0 fully saturated rings. The van der Waals surface area contributed by atoms with Crippen LogP contribution in [0.15, 0.2) is 23.2 Å². The standard InChI is InChI=1S/C21H37N3O3.HI/c1-6-22-21(24-13-8-14-27-16-17(2)3)23-12-7-9-18-10-11-19(25-4)20(15-18)26-5;/h10-11,15,17H,6-9,12-14,16H2,1-5H3,(H2,22,23,24);1H. The third-order valence-electron chi connectivity index (χ3n) is 3.89. The summed E-state index contributed by atoms with van der Waals surface area (Å²) >= 11 is 0. The molecule has 0 unspecified atom stereocenters. The fourth-order valence-corrected chi connectivity index (χ4v) is 2.55. The van der Waals surface area contributed by atoms with E-state index in [0.717, 1.165) is 69.6 Å². The van der Waals surface area contributed by atoms with Gasteiger partial charge in [-0.2, -0.15) is 0 Å². The van der Waals surface area contributed by atoms with Gasteiger partial charge in [0.1, 0.15) is 0 Å². The first kappa shape index (κ1) is 26.8. The molecule has 28 heavy (non-hydrogen) atoms. The van der Waals surface area contributed by atoms with Crippen molar-refractivity contribution in [2.75, 3.05) is 47.1 Å². The van der Waals surface area contributed by atoms with Crippen LogP contribution in [-0.4, -0.2) is 53.0 Å². The molecule has 0 aliphatic carbocycles. The zero-order valence-electron chi connectivity index (χ0n) is 18.0. The second-order valence-electron chi connectivity index (χ2n) is 6.80. The minimum atomic E-state index is 0. The molecule has 0 spiro atoms. The summed E-state index contributed by atoms with van der Waals surface area (Å²) in [5.74, 6) is 2.99. The number of nitrogens with one attached hydrogen (secondary N) is 2. The lowest BCUT2D eigenvalue weighted by Gasteiger charge is -2.12. The largest absolute Gasteiger partial charge is 0.493 e. The van der Waals surface area contributed by atoms with Crippen LogP contribution in [0.5, 0.6) is 11.5 Å². The van der Waals surface area contributed by atoms with Gasteiger partial charge in [-0.3, -0.25) is 4.99 Å². The van der Waals surface area contributed by atoms with Gasteiger partial charge in [0, 0.05) is 32.8 Å². The highest BCUT2D eigenvalue weighted by Gasteiger charge is 2.04. The molecule has 0 radical (unpaired) electrons. The average Bonchev–Trinajstić information content (AvgIpc) is 2.67. The Morgan fingerprint density at radius 2 is 1.82 bits per heavy atom. The number of aryl methyl sites for hydroxylation is 1. The first-order valence-corrected chi connectivity index (χ1v) is 9.91. The second kappa shape index (κ2) is 16.7. The highest BCUT2D eigenvalue weighted by atomic mass is 127. The van der Waals surface area contributed by atoms with Gasteiger partial charge in [-0.1, -0.05) is 19.9 Å². The fraction of sp³-hybridized carbons (Fsp3) is 0.667. The molecule has 7 heteroatoms. The van der Waals surface area contributed by atoms with E-state index in [1.165, 1.54) is 5.56 Å². The molecule has 0 saturated carbocycles. The molecule has 1 aromatic rings. The van der Waals surface area contributed by atoms with Gasteiger partial charge in [0.05, 0.1) is 14.2 Å². The molecule has 0 amide bonds. The molecule has 0 aliphatic rings. The number of ether oxygens (including phenoxy) is 3. The topological polar surface area (TPSA) is 64.1 Å². The Bertz CT molecular complexity index is 554. The third-order valence-corrected chi connectivity index (χ3v) is 3.89. The van der Waals surface area contributed by atoms with Crippen molar-refractivity contribution in [2.24, 2.45) is 10.9 Å². The highest BCUT2D eigenvalue weighted by Crippen LogP contribution is 2.27. The van der Waals surface area contributed by atoms with E-state index in [-0.39, 0.29) is 24.0 Å². The van der Waals surface area contributed by atoms with Gasteiger partial charge in [-0.15, -0.1) is 24.0 Å². The summed E-state index contributed by atoms with van der Waals surface area (Å²) in [6.45, 7) is 10.5. The van der Waals surface area contributed by atoms with Gasteiger partial charge in [0.15, 0.2) is 17.5 Å². The molecule has 6 nitrogen and oxygen atoms in total. The molecular weight excluding hydrogens is 469 g/mol. The SMILES string of the molecule is CCNC(=NCCCc1ccc(OC)c(OC)c1)NCCCOCC(C)C.I. The Hall–Kier alpha value is -1.22.